The highest BCUT2D eigenvalue weighted by molar-refractivity contribution is 5.50. The van der Waals surface area contributed by atoms with Gasteiger partial charge in [-0.1, -0.05) is 13.8 Å². The van der Waals surface area contributed by atoms with E-state index in [2.05, 4.69) is 5.32 Å². The van der Waals surface area contributed by atoms with E-state index in [4.69, 9.17) is 14.2 Å². The van der Waals surface area contributed by atoms with Gasteiger partial charge in [0.1, 0.15) is 5.75 Å². The Morgan fingerprint density at radius 3 is 1.76 bits per heavy atom. The van der Waals surface area contributed by atoms with Crippen LogP contribution in [0.1, 0.15) is 19.4 Å². The molecule has 4 nitrogen and oxygen atoms in total. The summed E-state index contributed by atoms with van der Waals surface area (Å²) in [4.78, 5) is 0. The number of benzene rings is 1. The molecule has 0 aliphatic rings. The largest absolute Gasteiger partial charge is 0.496 e. The second-order valence-electron chi connectivity index (χ2n) is 3.05. The first-order valence-corrected chi connectivity index (χ1v) is 5.70. The second kappa shape index (κ2) is 8.70. The van der Waals surface area contributed by atoms with Crippen LogP contribution in [-0.2, 0) is 6.54 Å². The van der Waals surface area contributed by atoms with Crippen molar-refractivity contribution in [3.05, 3.63) is 17.7 Å². The average molecular weight is 241 g/mol. The zero-order valence-electron chi connectivity index (χ0n) is 11.6. The maximum absolute atomic E-state index is 5.26. The van der Waals surface area contributed by atoms with Crippen molar-refractivity contribution in [2.24, 2.45) is 0 Å². The van der Waals surface area contributed by atoms with Crippen LogP contribution in [0, 0.1) is 0 Å². The van der Waals surface area contributed by atoms with Gasteiger partial charge in [-0.15, -0.1) is 0 Å². The first kappa shape index (κ1) is 15.6. The van der Waals surface area contributed by atoms with Gasteiger partial charge in [0.05, 0.1) is 21.3 Å². The fourth-order valence-corrected chi connectivity index (χ4v) is 1.42. The summed E-state index contributed by atoms with van der Waals surface area (Å²) in [5.74, 6) is 2.18. The molecule has 0 saturated heterocycles. The highest BCUT2D eigenvalue weighted by atomic mass is 16.5. The van der Waals surface area contributed by atoms with Crippen LogP contribution in [0.25, 0.3) is 0 Å². The molecule has 0 aliphatic heterocycles. The Morgan fingerprint density at radius 2 is 1.35 bits per heavy atom. The Bertz CT molecular complexity index is 327. The molecular formula is C13H23NO3. The lowest BCUT2D eigenvalue weighted by atomic mass is 10.1. The minimum atomic E-state index is 0.675. The topological polar surface area (TPSA) is 39.7 Å². The molecule has 1 rings (SSSR count). The van der Waals surface area contributed by atoms with Gasteiger partial charge in [-0.05, 0) is 13.1 Å². The third-order valence-corrected chi connectivity index (χ3v) is 2.15. The summed E-state index contributed by atoms with van der Waals surface area (Å²) in [7, 11) is 6.75. The zero-order valence-corrected chi connectivity index (χ0v) is 11.6. The van der Waals surface area contributed by atoms with Crippen LogP contribution in [-0.4, -0.2) is 28.4 Å². The first-order valence-electron chi connectivity index (χ1n) is 5.70. The molecule has 0 aliphatic carbocycles. The van der Waals surface area contributed by atoms with Crippen molar-refractivity contribution in [1.82, 2.24) is 5.32 Å². The van der Waals surface area contributed by atoms with Gasteiger partial charge in [-0.25, -0.2) is 0 Å². The van der Waals surface area contributed by atoms with Crippen LogP contribution < -0.4 is 19.5 Å². The van der Waals surface area contributed by atoms with E-state index < -0.39 is 0 Å². The van der Waals surface area contributed by atoms with Crippen molar-refractivity contribution < 1.29 is 14.2 Å². The molecule has 0 aromatic heterocycles. The summed E-state index contributed by atoms with van der Waals surface area (Å²) in [5, 5.41) is 3.07. The Morgan fingerprint density at radius 1 is 0.882 bits per heavy atom. The number of hydrogen-bond donors (Lipinski definition) is 1. The second-order valence-corrected chi connectivity index (χ2v) is 3.05. The number of ether oxygens (including phenoxy) is 3. The fraction of sp³-hybridized carbons (Fsp3) is 0.538. The van der Waals surface area contributed by atoms with E-state index in [1.54, 1.807) is 21.3 Å². The maximum Gasteiger partial charge on any atom is 0.164 e. The Labute approximate surface area is 104 Å². The average Bonchev–Trinajstić information content (AvgIpc) is 2.40. The van der Waals surface area contributed by atoms with E-state index in [1.807, 2.05) is 33.0 Å². The van der Waals surface area contributed by atoms with Gasteiger partial charge in [0.25, 0.3) is 0 Å². The lowest BCUT2D eigenvalue weighted by molar-refractivity contribution is 0.347. The van der Waals surface area contributed by atoms with Crippen LogP contribution in [0.2, 0.25) is 0 Å². The van der Waals surface area contributed by atoms with Crippen LogP contribution in [0.5, 0.6) is 17.2 Å². The molecule has 0 bridgehead atoms. The summed E-state index contributed by atoms with van der Waals surface area (Å²) >= 11 is 0. The number of rotatable bonds is 5. The summed E-state index contributed by atoms with van der Waals surface area (Å²) in [6.45, 7) is 4.73. The SMILES string of the molecule is CC.CNCc1cc(OC)c(OC)cc1OC. The maximum atomic E-state index is 5.26. The molecule has 0 radical (unpaired) electrons. The molecule has 1 aromatic rings. The molecule has 0 saturated carbocycles. The molecule has 1 aromatic carbocycles. The lowest BCUT2D eigenvalue weighted by Crippen LogP contribution is -2.07. The predicted octanol–water partition coefficient (Wildman–Crippen LogP) is 2.46. The molecule has 0 spiro atoms. The van der Waals surface area contributed by atoms with Gasteiger partial charge in [0.15, 0.2) is 11.5 Å². The lowest BCUT2D eigenvalue weighted by Gasteiger charge is -2.13. The van der Waals surface area contributed by atoms with Crippen LogP contribution in [0.15, 0.2) is 12.1 Å². The number of hydrogen-bond acceptors (Lipinski definition) is 4. The first-order chi connectivity index (χ1) is 8.26. The molecule has 0 unspecified atom stereocenters. The van der Waals surface area contributed by atoms with Crippen LogP contribution in [0.3, 0.4) is 0 Å². The molecule has 4 heteroatoms. The highest BCUT2D eigenvalue weighted by Crippen LogP contribution is 2.34. The molecule has 0 amide bonds. The van der Waals surface area contributed by atoms with Gasteiger partial charge >= 0.3 is 0 Å². The highest BCUT2D eigenvalue weighted by Gasteiger charge is 2.10. The molecule has 17 heavy (non-hydrogen) atoms. The van der Waals surface area contributed by atoms with Gasteiger partial charge in [-0.2, -0.15) is 0 Å². The van der Waals surface area contributed by atoms with Gasteiger partial charge in [0, 0.05) is 18.2 Å². The molecule has 98 valence electrons. The van der Waals surface area contributed by atoms with E-state index in [1.165, 1.54) is 0 Å². The van der Waals surface area contributed by atoms with Crippen molar-refractivity contribution in [2.45, 2.75) is 20.4 Å². The zero-order chi connectivity index (χ0) is 13.3. The third-order valence-electron chi connectivity index (χ3n) is 2.15. The van der Waals surface area contributed by atoms with E-state index in [0.29, 0.717) is 11.5 Å². The van der Waals surface area contributed by atoms with Crippen molar-refractivity contribution in [1.29, 1.82) is 0 Å². The molecule has 0 atom stereocenters. The van der Waals surface area contributed by atoms with E-state index in [-0.39, 0.29) is 0 Å². The molecule has 1 N–H and O–H groups in total. The van der Waals surface area contributed by atoms with Crippen molar-refractivity contribution >= 4 is 0 Å². The summed E-state index contributed by atoms with van der Waals surface area (Å²) in [6, 6.07) is 3.74. The Hall–Kier alpha value is -1.42. The standard InChI is InChI=1S/C11H17NO3.C2H6/c1-12-7-8-5-10(14-3)11(15-4)6-9(8)13-2;1-2/h5-6,12H,7H2,1-4H3;1-2H3. The molecular weight excluding hydrogens is 218 g/mol. The number of nitrogens with one attached hydrogen (secondary N) is 1. The molecule has 0 fully saturated rings. The summed E-state index contributed by atoms with van der Waals surface area (Å²) in [6.07, 6.45) is 0. The number of methoxy groups -OCH3 is 3. The van der Waals surface area contributed by atoms with E-state index in [9.17, 15) is 0 Å². The monoisotopic (exact) mass is 241 g/mol. The van der Waals surface area contributed by atoms with Crippen molar-refractivity contribution in [3.63, 3.8) is 0 Å². The predicted molar refractivity (Wildman–Crippen MR) is 70.2 cm³/mol. The Kier molecular flexibility index (Phi) is 7.97. The van der Waals surface area contributed by atoms with Gasteiger partial charge in [-0.3, -0.25) is 0 Å². The molecule has 0 heterocycles. The smallest absolute Gasteiger partial charge is 0.164 e. The third kappa shape index (κ3) is 4.15. The minimum Gasteiger partial charge on any atom is -0.496 e. The van der Waals surface area contributed by atoms with Gasteiger partial charge in [0.2, 0.25) is 0 Å². The van der Waals surface area contributed by atoms with Crippen molar-refractivity contribution in [3.8, 4) is 17.2 Å². The summed E-state index contributed by atoms with van der Waals surface area (Å²) < 4.78 is 15.7. The quantitative estimate of drug-likeness (QED) is 0.859. The van der Waals surface area contributed by atoms with Crippen molar-refractivity contribution in [2.75, 3.05) is 28.4 Å². The van der Waals surface area contributed by atoms with E-state index in [0.717, 1.165) is 17.9 Å². The van der Waals surface area contributed by atoms with E-state index >= 15 is 0 Å². The minimum absolute atomic E-state index is 0.675. The van der Waals surface area contributed by atoms with Gasteiger partial charge < -0.3 is 19.5 Å². The van der Waals surface area contributed by atoms with Crippen LogP contribution in [0.4, 0.5) is 0 Å². The normalized spacial score (nSPS) is 9.06. The Balaban J connectivity index is 0.00000121. The fourth-order valence-electron chi connectivity index (χ4n) is 1.42. The van der Waals surface area contributed by atoms with Crippen LogP contribution >= 0.6 is 0 Å². The summed E-state index contributed by atoms with van der Waals surface area (Å²) in [5.41, 5.74) is 1.04.